The zero-order valence-corrected chi connectivity index (χ0v) is 22.9. The molecule has 0 aliphatic heterocycles. The molecule has 8 heteroatoms. The van der Waals surface area contributed by atoms with Gasteiger partial charge in [0.25, 0.3) is 11.8 Å². The van der Waals surface area contributed by atoms with E-state index in [1.807, 2.05) is 42.5 Å². The molecule has 0 fully saturated rings. The minimum absolute atomic E-state index is 0.0721. The average Bonchev–Trinajstić information content (AvgIpc) is 3.00. The third-order valence-electron chi connectivity index (χ3n) is 5.81. The van der Waals surface area contributed by atoms with Crippen LogP contribution in [0.1, 0.15) is 26.3 Å². The molecule has 0 radical (unpaired) electrons. The maximum atomic E-state index is 13.3. The van der Waals surface area contributed by atoms with Crippen LogP contribution < -0.4 is 20.1 Å². The second-order valence-corrected chi connectivity index (χ2v) is 9.60. The number of amides is 2. The lowest BCUT2D eigenvalue weighted by Crippen LogP contribution is -2.30. The van der Waals surface area contributed by atoms with E-state index in [0.717, 1.165) is 10.5 Å². The van der Waals surface area contributed by atoms with E-state index in [1.54, 1.807) is 73.8 Å². The Kier molecular flexibility index (Phi) is 9.74. The van der Waals surface area contributed by atoms with Crippen LogP contribution in [0.3, 0.4) is 0 Å². The molecule has 0 aromatic heterocycles. The van der Waals surface area contributed by atoms with Crippen molar-refractivity contribution in [2.45, 2.75) is 4.90 Å². The summed E-state index contributed by atoms with van der Waals surface area (Å²) < 4.78 is 10.5. The molecule has 4 rings (SSSR count). The summed E-state index contributed by atoms with van der Waals surface area (Å²) >= 11 is 1.35. The highest BCUT2D eigenvalue weighted by atomic mass is 32.2. The molecular weight excluding hydrogens is 524 g/mol. The van der Waals surface area contributed by atoms with Gasteiger partial charge in [0.2, 0.25) is 0 Å². The molecule has 0 atom stereocenters. The van der Waals surface area contributed by atoms with Gasteiger partial charge in [-0.1, -0.05) is 54.6 Å². The molecule has 4 aromatic rings. The predicted molar refractivity (Wildman–Crippen MR) is 158 cm³/mol. The minimum atomic E-state index is -0.475. The summed E-state index contributed by atoms with van der Waals surface area (Å²) in [5, 5.41) is 5.59. The first-order valence-electron chi connectivity index (χ1n) is 12.4. The van der Waals surface area contributed by atoms with Gasteiger partial charge in [-0.05, 0) is 60.2 Å². The van der Waals surface area contributed by atoms with Crippen LogP contribution in [0.25, 0.3) is 6.08 Å². The fourth-order valence-electron chi connectivity index (χ4n) is 3.76. The summed E-state index contributed by atoms with van der Waals surface area (Å²) in [5.41, 5.74) is 2.34. The van der Waals surface area contributed by atoms with Crippen molar-refractivity contribution in [3.05, 3.63) is 126 Å². The highest BCUT2D eigenvalue weighted by Gasteiger charge is 2.16. The molecule has 2 N–H and O–H groups in total. The normalized spacial score (nSPS) is 10.9. The number of hydrogen-bond acceptors (Lipinski definition) is 6. The molecule has 2 amide bonds. The zero-order valence-electron chi connectivity index (χ0n) is 22.0. The Labute approximate surface area is 237 Å². The summed E-state index contributed by atoms with van der Waals surface area (Å²) in [4.78, 5) is 39.7. The molecule has 0 aliphatic carbocycles. The smallest absolute Gasteiger partial charge is 0.272 e. The van der Waals surface area contributed by atoms with E-state index in [2.05, 4.69) is 10.6 Å². The number of benzene rings is 4. The van der Waals surface area contributed by atoms with Crippen molar-refractivity contribution < 1.29 is 23.9 Å². The SMILES string of the molecule is COc1ccc(C(=O)CSc2cccc(NC(=O)/C(=C/c3ccccc3)NC(=O)c3ccccc3)c2)cc1OC. The summed E-state index contributed by atoms with van der Waals surface area (Å²) in [6, 6.07) is 30.2. The van der Waals surface area contributed by atoms with Crippen LogP contribution >= 0.6 is 11.8 Å². The van der Waals surface area contributed by atoms with Crippen molar-refractivity contribution in [3.63, 3.8) is 0 Å². The van der Waals surface area contributed by atoms with E-state index in [9.17, 15) is 14.4 Å². The van der Waals surface area contributed by atoms with E-state index in [1.165, 1.54) is 18.9 Å². The number of ketones is 1. The Morgan fingerprint density at radius 1 is 0.750 bits per heavy atom. The molecular formula is C32H28N2O5S. The molecule has 40 heavy (non-hydrogen) atoms. The maximum absolute atomic E-state index is 13.3. The Bertz CT molecular complexity index is 1520. The van der Waals surface area contributed by atoms with Gasteiger partial charge in [-0.15, -0.1) is 11.8 Å². The number of ether oxygens (including phenoxy) is 2. The monoisotopic (exact) mass is 552 g/mol. The quantitative estimate of drug-likeness (QED) is 0.133. The minimum Gasteiger partial charge on any atom is -0.493 e. The highest BCUT2D eigenvalue weighted by molar-refractivity contribution is 8.00. The molecule has 0 saturated carbocycles. The molecule has 4 aromatic carbocycles. The van der Waals surface area contributed by atoms with Gasteiger partial charge in [-0.3, -0.25) is 14.4 Å². The Morgan fingerprint density at radius 2 is 1.45 bits per heavy atom. The van der Waals surface area contributed by atoms with E-state index in [-0.39, 0.29) is 17.2 Å². The van der Waals surface area contributed by atoms with E-state index in [4.69, 9.17) is 9.47 Å². The van der Waals surface area contributed by atoms with Gasteiger partial charge >= 0.3 is 0 Å². The lowest BCUT2D eigenvalue weighted by atomic mass is 10.1. The third kappa shape index (κ3) is 7.61. The Hall–Kier alpha value is -4.82. The first-order valence-corrected chi connectivity index (χ1v) is 13.4. The van der Waals surface area contributed by atoms with Crippen molar-refractivity contribution in [3.8, 4) is 11.5 Å². The topological polar surface area (TPSA) is 93.7 Å². The lowest BCUT2D eigenvalue weighted by Gasteiger charge is -2.12. The van der Waals surface area contributed by atoms with E-state index in [0.29, 0.717) is 28.3 Å². The largest absolute Gasteiger partial charge is 0.493 e. The van der Waals surface area contributed by atoms with Gasteiger partial charge < -0.3 is 20.1 Å². The number of rotatable bonds is 11. The van der Waals surface area contributed by atoms with Crippen LogP contribution in [0.15, 0.2) is 114 Å². The first kappa shape index (κ1) is 28.2. The summed E-state index contributed by atoms with van der Waals surface area (Å²) in [5.74, 6) is 0.293. The van der Waals surface area contributed by atoms with E-state index < -0.39 is 11.8 Å². The van der Waals surface area contributed by atoms with Gasteiger partial charge in [0.05, 0.1) is 20.0 Å². The number of hydrogen-bond donors (Lipinski definition) is 2. The van der Waals surface area contributed by atoms with Gasteiger partial charge in [0.15, 0.2) is 17.3 Å². The summed E-state index contributed by atoms with van der Waals surface area (Å²) in [7, 11) is 3.06. The van der Waals surface area contributed by atoms with Crippen molar-refractivity contribution in [2.75, 3.05) is 25.3 Å². The summed E-state index contributed by atoms with van der Waals surface area (Å²) in [6.07, 6.45) is 1.62. The molecule has 202 valence electrons. The number of thioether (sulfide) groups is 1. The number of methoxy groups -OCH3 is 2. The molecule has 0 aliphatic rings. The number of nitrogens with one attached hydrogen (secondary N) is 2. The molecule has 7 nitrogen and oxygen atoms in total. The van der Waals surface area contributed by atoms with Crippen LogP contribution in [0.5, 0.6) is 11.5 Å². The van der Waals surface area contributed by atoms with E-state index >= 15 is 0 Å². The number of carbonyl (C=O) groups is 3. The van der Waals surface area contributed by atoms with Gasteiger partial charge in [0.1, 0.15) is 5.70 Å². The molecule has 0 unspecified atom stereocenters. The fourth-order valence-corrected chi connectivity index (χ4v) is 4.61. The maximum Gasteiger partial charge on any atom is 0.272 e. The van der Waals surface area contributed by atoms with Crippen LogP contribution in [-0.4, -0.2) is 37.6 Å². The molecule has 0 spiro atoms. The number of anilines is 1. The zero-order chi connectivity index (χ0) is 28.3. The first-order chi connectivity index (χ1) is 19.5. The van der Waals surface area contributed by atoms with Crippen LogP contribution in [0.4, 0.5) is 5.69 Å². The second kappa shape index (κ2) is 13.8. The van der Waals surface area contributed by atoms with Crippen LogP contribution in [0.2, 0.25) is 0 Å². The van der Waals surface area contributed by atoms with Gasteiger partial charge in [0, 0.05) is 21.7 Å². The number of Topliss-reactive ketones (excluding diaryl/α,β-unsaturated/α-hetero) is 1. The molecule has 0 saturated heterocycles. The Morgan fingerprint density at radius 3 is 2.15 bits per heavy atom. The standard InChI is InChI=1S/C32H28N2O5S/c1-38-29-17-16-24(19-30(29)39-2)28(35)21-40-26-15-9-14-25(20-26)33-32(37)27(18-22-10-5-3-6-11-22)34-31(36)23-12-7-4-8-13-23/h3-20H,21H2,1-2H3,(H,33,37)(H,34,36)/b27-18-. The second-order valence-electron chi connectivity index (χ2n) is 8.55. The third-order valence-corrected chi connectivity index (χ3v) is 6.80. The fraction of sp³-hybridized carbons (Fsp3) is 0.0938. The lowest BCUT2D eigenvalue weighted by molar-refractivity contribution is -0.113. The van der Waals surface area contributed by atoms with Gasteiger partial charge in [-0.2, -0.15) is 0 Å². The average molecular weight is 553 g/mol. The Balaban J connectivity index is 1.46. The van der Waals surface area contributed by atoms with Crippen molar-refractivity contribution in [2.24, 2.45) is 0 Å². The molecule has 0 heterocycles. The van der Waals surface area contributed by atoms with Crippen molar-refractivity contribution >= 4 is 41.1 Å². The van der Waals surface area contributed by atoms with Crippen molar-refractivity contribution in [1.82, 2.24) is 5.32 Å². The van der Waals surface area contributed by atoms with Crippen molar-refractivity contribution in [1.29, 1.82) is 0 Å². The summed E-state index contributed by atoms with van der Waals surface area (Å²) in [6.45, 7) is 0. The molecule has 0 bridgehead atoms. The predicted octanol–water partition coefficient (Wildman–Crippen LogP) is 6.09. The number of carbonyl (C=O) groups excluding carboxylic acids is 3. The van der Waals surface area contributed by atoms with Crippen LogP contribution in [0, 0.1) is 0 Å². The highest BCUT2D eigenvalue weighted by Crippen LogP contribution is 2.29. The van der Waals surface area contributed by atoms with Crippen LogP contribution in [-0.2, 0) is 4.79 Å². The van der Waals surface area contributed by atoms with Gasteiger partial charge in [-0.25, -0.2) is 0 Å².